The summed E-state index contributed by atoms with van der Waals surface area (Å²) in [5, 5.41) is 17.0. The van der Waals surface area contributed by atoms with Crippen molar-refractivity contribution >= 4 is 33.7 Å². The average Bonchev–Trinajstić information content (AvgIpc) is 3.03. The van der Waals surface area contributed by atoms with E-state index in [0.717, 1.165) is 15.7 Å². The van der Waals surface area contributed by atoms with Crippen molar-refractivity contribution in [3.63, 3.8) is 0 Å². The zero-order valence-electron chi connectivity index (χ0n) is 11.1. The molecule has 8 heteroatoms. The molecule has 6 nitrogen and oxygen atoms in total. The Balaban J connectivity index is 2.03. The Hall–Kier alpha value is -1.90. The van der Waals surface area contributed by atoms with Crippen LogP contribution in [0.1, 0.15) is 5.69 Å². The van der Waals surface area contributed by atoms with E-state index in [1.165, 1.54) is 17.8 Å². The van der Waals surface area contributed by atoms with Gasteiger partial charge in [0.2, 0.25) is 0 Å². The highest BCUT2D eigenvalue weighted by atomic mass is 32.2. The Labute approximate surface area is 129 Å². The van der Waals surface area contributed by atoms with E-state index >= 15 is 0 Å². The molecule has 2 heterocycles. The molecular formula is C13H12N4O2S2. The van der Waals surface area contributed by atoms with Gasteiger partial charge in [-0.2, -0.15) is 0 Å². The maximum Gasteiger partial charge on any atom is 0.283 e. The third kappa shape index (κ3) is 2.65. The van der Waals surface area contributed by atoms with Crippen LogP contribution in [0.2, 0.25) is 0 Å². The van der Waals surface area contributed by atoms with Gasteiger partial charge < -0.3 is 5.32 Å². The molecule has 0 saturated heterocycles. The van der Waals surface area contributed by atoms with E-state index in [2.05, 4.69) is 10.3 Å². The van der Waals surface area contributed by atoms with E-state index < -0.39 is 0 Å². The normalized spacial score (nSPS) is 11.1. The first-order chi connectivity index (χ1) is 10.2. The first-order valence-corrected chi connectivity index (χ1v) is 7.90. The van der Waals surface area contributed by atoms with E-state index in [9.17, 15) is 10.1 Å². The van der Waals surface area contributed by atoms with Gasteiger partial charge in [0.05, 0.1) is 15.5 Å². The van der Waals surface area contributed by atoms with Crippen LogP contribution >= 0.6 is 23.1 Å². The van der Waals surface area contributed by atoms with E-state index in [1.54, 1.807) is 29.5 Å². The van der Waals surface area contributed by atoms with E-state index in [4.69, 9.17) is 0 Å². The Bertz CT molecular complexity index is 796. The van der Waals surface area contributed by atoms with Crippen molar-refractivity contribution in [3.05, 3.63) is 51.7 Å². The largest absolute Gasteiger partial charge is 0.314 e. The number of fused-ring (bicyclic) bond motifs is 1. The molecule has 0 fully saturated rings. The molecule has 3 aromatic rings. The fourth-order valence-electron chi connectivity index (χ4n) is 2.02. The number of hydrogen-bond donors (Lipinski definition) is 1. The number of nitrogens with zero attached hydrogens (tertiary/aromatic N) is 3. The van der Waals surface area contributed by atoms with Crippen LogP contribution in [0.15, 0.2) is 45.8 Å². The maximum absolute atomic E-state index is 11.1. The Kier molecular flexibility index (Phi) is 3.91. The summed E-state index contributed by atoms with van der Waals surface area (Å²) in [6.07, 6.45) is 1.96. The second kappa shape index (κ2) is 5.84. The standard InChI is InChI=1S/C13H12N4O2S2/c1-14-8-10-12(15-13-16(10)6-7-20-13)21-11-5-3-2-4-9(11)17(18)19/h2-7,14H,8H2,1H3. The van der Waals surface area contributed by atoms with Crippen molar-refractivity contribution in [1.29, 1.82) is 0 Å². The molecule has 0 spiro atoms. The lowest BCUT2D eigenvalue weighted by Gasteiger charge is -2.04. The number of aromatic nitrogens is 2. The van der Waals surface area contributed by atoms with Gasteiger partial charge in [-0.05, 0) is 13.1 Å². The quantitative estimate of drug-likeness (QED) is 0.577. The van der Waals surface area contributed by atoms with Crippen molar-refractivity contribution in [2.45, 2.75) is 16.5 Å². The number of para-hydroxylation sites is 1. The minimum Gasteiger partial charge on any atom is -0.314 e. The molecule has 0 amide bonds. The molecule has 0 radical (unpaired) electrons. The Morgan fingerprint density at radius 2 is 2.29 bits per heavy atom. The molecule has 0 aliphatic rings. The van der Waals surface area contributed by atoms with Gasteiger partial charge in [0, 0.05) is 24.2 Å². The number of hydrogen-bond acceptors (Lipinski definition) is 6. The number of rotatable bonds is 5. The summed E-state index contributed by atoms with van der Waals surface area (Å²) in [7, 11) is 1.87. The molecule has 108 valence electrons. The van der Waals surface area contributed by atoms with Crippen LogP contribution in [-0.2, 0) is 6.54 Å². The first-order valence-electron chi connectivity index (χ1n) is 6.21. The summed E-state index contributed by atoms with van der Waals surface area (Å²) in [6, 6.07) is 6.73. The summed E-state index contributed by atoms with van der Waals surface area (Å²) < 4.78 is 2.01. The molecular weight excluding hydrogens is 308 g/mol. The van der Waals surface area contributed by atoms with Gasteiger partial charge >= 0.3 is 0 Å². The summed E-state index contributed by atoms with van der Waals surface area (Å²) in [5.74, 6) is 0. The molecule has 21 heavy (non-hydrogen) atoms. The van der Waals surface area contributed by atoms with Crippen LogP contribution in [0.3, 0.4) is 0 Å². The number of nitro benzene ring substituents is 1. The van der Waals surface area contributed by atoms with Crippen LogP contribution in [0.25, 0.3) is 4.96 Å². The molecule has 2 aromatic heterocycles. The van der Waals surface area contributed by atoms with Crippen LogP contribution in [0, 0.1) is 10.1 Å². The Morgan fingerprint density at radius 1 is 1.48 bits per heavy atom. The second-order valence-corrected chi connectivity index (χ2v) is 6.18. The molecule has 0 aliphatic heterocycles. The highest BCUT2D eigenvalue weighted by molar-refractivity contribution is 7.99. The fourth-order valence-corrected chi connectivity index (χ4v) is 3.83. The first kappa shape index (κ1) is 14.1. The van der Waals surface area contributed by atoms with Crippen molar-refractivity contribution in [2.75, 3.05) is 7.05 Å². The van der Waals surface area contributed by atoms with E-state index in [-0.39, 0.29) is 10.6 Å². The minimum atomic E-state index is -0.363. The molecule has 3 rings (SSSR count). The number of benzene rings is 1. The summed E-state index contributed by atoms with van der Waals surface area (Å²) in [6.45, 7) is 0.654. The molecule has 0 aliphatic carbocycles. The van der Waals surface area contributed by atoms with Gasteiger partial charge in [0.1, 0.15) is 5.03 Å². The smallest absolute Gasteiger partial charge is 0.283 e. The third-order valence-electron chi connectivity index (χ3n) is 2.94. The molecule has 0 saturated carbocycles. The van der Waals surface area contributed by atoms with Crippen LogP contribution in [0.5, 0.6) is 0 Å². The van der Waals surface area contributed by atoms with Crippen molar-refractivity contribution in [2.24, 2.45) is 0 Å². The second-order valence-electron chi connectivity index (χ2n) is 4.28. The Morgan fingerprint density at radius 3 is 3.05 bits per heavy atom. The monoisotopic (exact) mass is 320 g/mol. The number of nitro groups is 1. The maximum atomic E-state index is 11.1. The van der Waals surface area contributed by atoms with Gasteiger partial charge in [-0.25, -0.2) is 4.98 Å². The predicted molar refractivity (Wildman–Crippen MR) is 83.1 cm³/mol. The molecule has 1 aromatic carbocycles. The highest BCUT2D eigenvalue weighted by Crippen LogP contribution is 2.36. The highest BCUT2D eigenvalue weighted by Gasteiger charge is 2.19. The van der Waals surface area contributed by atoms with Gasteiger partial charge in [0.25, 0.3) is 5.69 Å². The average molecular weight is 320 g/mol. The zero-order valence-corrected chi connectivity index (χ0v) is 12.8. The van der Waals surface area contributed by atoms with E-state index in [1.807, 2.05) is 23.0 Å². The number of thiazole rings is 1. The predicted octanol–water partition coefficient (Wildman–Crippen LogP) is 3.17. The van der Waals surface area contributed by atoms with Gasteiger partial charge in [-0.15, -0.1) is 11.3 Å². The van der Waals surface area contributed by atoms with Crippen LogP contribution in [0.4, 0.5) is 5.69 Å². The van der Waals surface area contributed by atoms with Crippen molar-refractivity contribution in [1.82, 2.24) is 14.7 Å². The number of nitrogens with one attached hydrogen (secondary N) is 1. The zero-order chi connectivity index (χ0) is 14.8. The third-order valence-corrected chi connectivity index (χ3v) is 4.78. The fraction of sp³-hybridized carbons (Fsp3) is 0.154. The van der Waals surface area contributed by atoms with Gasteiger partial charge in [0.15, 0.2) is 4.96 Å². The van der Waals surface area contributed by atoms with Gasteiger partial charge in [-0.3, -0.25) is 14.5 Å². The molecule has 0 atom stereocenters. The molecule has 0 bridgehead atoms. The summed E-state index contributed by atoms with van der Waals surface area (Å²) in [4.78, 5) is 16.8. The molecule has 0 unspecified atom stereocenters. The lowest BCUT2D eigenvalue weighted by Crippen LogP contribution is -2.08. The van der Waals surface area contributed by atoms with Crippen molar-refractivity contribution < 1.29 is 4.92 Å². The summed E-state index contributed by atoms with van der Waals surface area (Å²) in [5.41, 5.74) is 1.12. The van der Waals surface area contributed by atoms with Crippen LogP contribution in [-0.4, -0.2) is 21.4 Å². The van der Waals surface area contributed by atoms with E-state index in [0.29, 0.717) is 11.4 Å². The topological polar surface area (TPSA) is 72.5 Å². The summed E-state index contributed by atoms with van der Waals surface area (Å²) >= 11 is 2.88. The minimum absolute atomic E-state index is 0.106. The lowest BCUT2D eigenvalue weighted by molar-refractivity contribution is -0.387. The lowest BCUT2D eigenvalue weighted by atomic mass is 10.3. The van der Waals surface area contributed by atoms with Gasteiger partial charge in [-0.1, -0.05) is 23.9 Å². The SMILES string of the molecule is CNCc1c(Sc2ccccc2[N+](=O)[O-])nc2sccn12. The van der Waals surface area contributed by atoms with Crippen LogP contribution < -0.4 is 5.32 Å². The number of imidazole rings is 1. The molecule has 1 N–H and O–H groups in total. The van der Waals surface area contributed by atoms with Crippen molar-refractivity contribution in [3.8, 4) is 0 Å².